The average molecular weight is 444 g/mol. The Labute approximate surface area is 186 Å². The first kappa shape index (κ1) is 20.6. The summed E-state index contributed by atoms with van der Waals surface area (Å²) in [6.07, 6.45) is 1.53. The van der Waals surface area contributed by atoms with Crippen LogP contribution in [0.2, 0.25) is 0 Å². The number of benzene rings is 3. The molecular weight excluding hydrogens is 426 g/mol. The monoisotopic (exact) mass is 444 g/mol. The maximum absolute atomic E-state index is 13.7. The van der Waals surface area contributed by atoms with E-state index in [0.717, 1.165) is 5.56 Å². The maximum Gasteiger partial charge on any atom is 0.277 e. The van der Waals surface area contributed by atoms with Gasteiger partial charge in [0.05, 0.1) is 23.8 Å². The lowest BCUT2D eigenvalue weighted by Crippen LogP contribution is -2.25. The SMILES string of the molecule is O=C(NCc1ccc(F)cc1)c1ccc2c(c1)n(Cc1cccc(F)c1)c(=O)c1ccnn12. The molecule has 0 aliphatic heterocycles. The van der Waals surface area contributed by atoms with Crippen LogP contribution in [0.4, 0.5) is 8.78 Å². The van der Waals surface area contributed by atoms with Crippen molar-refractivity contribution in [3.05, 3.63) is 118 Å². The summed E-state index contributed by atoms with van der Waals surface area (Å²) in [4.78, 5) is 26.0. The van der Waals surface area contributed by atoms with Crippen LogP contribution in [0.25, 0.3) is 16.6 Å². The van der Waals surface area contributed by atoms with Gasteiger partial charge < -0.3 is 9.88 Å². The Morgan fingerprint density at radius 1 is 0.848 bits per heavy atom. The molecule has 33 heavy (non-hydrogen) atoms. The van der Waals surface area contributed by atoms with E-state index < -0.39 is 5.82 Å². The van der Waals surface area contributed by atoms with Gasteiger partial charge in [-0.15, -0.1) is 0 Å². The third-order valence-corrected chi connectivity index (χ3v) is 5.46. The van der Waals surface area contributed by atoms with Crippen LogP contribution in [-0.2, 0) is 13.1 Å². The Bertz CT molecular complexity index is 1560. The number of aromatic nitrogens is 3. The van der Waals surface area contributed by atoms with Crippen molar-refractivity contribution in [1.82, 2.24) is 19.5 Å². The molecule has 5 rings (SSSR count). The molecule has 0 saturated carbocycles. The molecule has 2 aromatic heterocycles. The average Bonchev–Trinajstić information content (AvgIpc) is 3.31. The van der Waals surface area contributed by atoms with Gasteiger partial charge in [0.15, 0.2) is 0 Å². The zero-order valence-corrected chi connectivity index (χ0v) is 17.3. The molecule has 0 spiro atoms. The number of halogens is 2. The lowest BCUT2D eigenvalue weighted by Gasteiger charge is -2.14. The van der Waals surface area contributed by atoms with Gasteiger partial charge in [0.25, 0.3) is 11.5 Å². The zero-order valence-electron chi connectivity index (χ0n) is 17.3. The Morgan fingerprint density at radius 2 is 1.67 bits per heavy atom. The predicted octanol–water partition coefficient (Wildman–Crippen LogP) is 3.91. The number of amides is 1. The summed E-state index contributed by atoms with van der Waals surface area (Å²) in [6.45, 7) is 0.362. The lowest BCUT2D eigenvalue weighted by atomic mass is 10.1. The van der Waals surface area contributed by atoms with Gasteiger partial charge in [-0.1, -0.05) is 24.3 Å². The molecular formula is C25H18F2N4O2. The van der Waals surface area contributed by atoms with E-state index in [9.17, 15) is 18.4 Å². The molecule has 0 aliphatic carbocycles. The van der Waals surface area contributed by atoms with Gasteiger partial charge in [0, 0.05) is 12.1 Å². The number of nitrogens with zero attached hydrogens (tertiary/aromatic N) is 3. The highest BCUT2D eigenvalue weighted by atomic mass is 19.1. The minimum atomic E-state index is -0.392. The normalized spacial score (nSPS) is 11.2. The predicted molar refractivity (Wildman–Crippen MR) is 120 cm³/mol. The van der Waals surface area contributed by atoms with Crippen molar-refractivity contribution in [2.24, 2.45) is 0 Å². The van der Waals surface area contributed by atoms with E-state index in [1.807, 2.05) is 0 Å². The second kappa shape index (κ2) is 8.31. The minimum absolute atomic E-state index is 0.134. The molecule has 0 radical (unpaired) electrons. The van der Waals surface area contributed by atoms with Crippen molar-refractivity contribution in [3.63, 3.8) is 0 Å². The van der Waals surface area contributed by atoms with E-state index in [0.29, 0.717) is 27.7 Å². The number of hydrogen-bond donors (Lipinski definition) is 1. The van der Waals surface area contributed by atoms with Crippen molar-refractivity contribution in [3.8, 4) is 0 Å². The van der Waals surface area contributed by atoms with Crippen molar-refractivity contribution >= 4 is 22.5 Å². The molecule has 0 aliphatic rings. The molecule has 0 atom stereocenters. The smallest absolute Gasteiger partial charge is 0.277 e. The van der Waals surface area contributed by atoms with E-state index in [4.69, 9.17) is 0 Å². The molecule has 6 nitrogen and oxygen atoms in total. The molecule has 1 amide bonds. The summed E-state index contributed by atoms with van der Waals surface area (Å²) in [5.74, 6) is -1.08. The van der Waals surface area contributed by atoms with Crippen molar-refractivity contribution in [2.45, 2.75) is 13.1 Å². The summed E-state index contributed by atoms with van der Waals surface area (Å²) >= 11 is 0. The Morgan fingerprint density at radius 3 is 2.45 bits per heavy atom. The molecule has 0 bridgehead atoms. The number of rotatable bonds is 5. The fraction of sp³-hybridized carbons (Fsp3) is 0.0800. The standard InChI is InChI=1S/C25H18F2N4O2/c26-19-7-4-16(5-8-19)14-28-24(32)18-6-9-21-23(13-18)30(15-17-2-1-3-20(27)12-17)25(33)22-10-11-29-31(21)22/h1-13H,14-15H2,(H,28,32). The molecule has 2 heterocycles. The van der Waals surface area contributed by atoms with Crippen molar-refractivity contribution < 1.29 is 13.6 Å². The number of hydrogen-bond acceptors (Lipinski definition) is 3. The third-order valence-electron chi connectivity index (χ3n) is 5.46. The Hall–Kier alpha value is -4.33. The van der Waals surface area contributed by atoms with E-state index in [1.54, 1.807) is 48.5 Å². The van der Waals surface area contributed by atoms with Crippen LogP contribution in [0.3, 0.4) is 0 Å². The van der Waals surface area contributed by atoms with E-state index >= 15 is 0 Å². The molecule has 5 aromatic rings. The van der Waals surface area contributed by atoms with Crippen LogP contribution in [0.1, 0.15) is 21.5 Å². The lowest BCUT2D eigenvalue weighted by molar-refractivity contribution is 0.0951. The van der Waals surface area contributed by atoms with Gasteiger partial charge in [-0.05, 0) is 59.7 Å². The highest BCUT2D eigenvalue weighted by molar-refractivity contribution is 5.97. The Kier molecular flexibility index (Phi) is 5.18. The zero-order chi connectivity index (χ0) is 22.9. The third kappa shape index (κ3) is 3.98. The number of carbonyl (C=O) groups excluding carboxylic acids is 1. The van der Waals surface area contributed by atoms with Crippen LogP contribution in [0.15, 0.2) is 83.8 Å². The summed E-state index contributed by atoms with van der Waals surface area (Å²) in [5.41, 5.74) is 2.94. The first-order chi connectivity index (χ1) is 16.0. The number of fused-ring (bicyclic) bond motifs is 3. The highest BCUT2D eigenvalue weighted by Crippen LogP contribution is 2.18. The van der Waals surface area contributed by atoms with E-state index in [2.05, 4.69) is 10.4 Å². The molecule has 0 saturated heterocycles. The molecule has 8 heteroatoms. The van der Waals surface area contributed by atoms with Crippen LogP contribution >= 0.6 is 0 Å². The van der Waals surface area contributed by atoms with Gasteiger partial charge in [-0.25, -0.2) is 13.3 Å². The summed E-state index contributed by atoms with van der Waals surface area (Å²) < 4.78 is 29.9. The first-order valence-corrected chi connectivity index (χ1v) is 10.3. The molecule has 0 fully saturated rings. The summed E-state index contributed by atoms with van der Waals surface area (Å²) in [5, 5.41) is 7.04. The van der Waals surface area contributed by atoms with Gasteiger partial charge in [0.1, 0.15) is 17.2 Å². The van der Waals surface area contributed by atoms with E-state index in [-0.39, 0.29) is 30.4 Å². The van der Waals surface area contributed by atoms with Gasteiger partial charge in [0.2, 0.25) is 0 Å². The first-order valence-electron chi connectivity index (χ1n) is 10.3. The maximum atomic E-state index is 13.7. The second-order valence-corrected chi connectivity index (χ2v) is 7.66. The number of nitrogens with one attached hydrogen (secondary N) is 1. The molecule has 3 aromatic carbocycles. The summed E-state index contributed by atoms with van der Waals surface area (Å²) in [6, 6.07) is 18.5. The van der Waals surface area contributed by atoms with Crippen molar-refractivity contribution in [2.75, 3.05) is 0 Å². The minimum Gasteiger partial charge on any atom is -0.348 e. The molecule has 0 unspecified atom stereocenters. The van der Waals surface area contributed by atoms with Crippen LogP contribution < -0.4 is 10.9 Å². The van der Waals surface area contributed by atoms with Crippen LogP contribution in [0.5, 0.6) is 0 Å². The number of carbonyl (C=O) groups is 1. The van der Waals surface area contributed by atoms with Crippen molar-refractivity contribution in [1.29, 1.82) is 0 Å². The van der Waals surface area contributed by atoms with Gasteiger partial charge in [-0.3, -0.25) is 9.59 Å². The fourth-order valence-corrected chi connectivity index (χ4v) is 3.83. The van der Waals surface area contributed by atoms with Gasteiger partial charge in [-0.2, -0.15) is 5.10 Å². The topological polar surface area (TPSA) is 68.4 Å². The quantitative estimate of drug-likeness (QED) is 0.447. The molecule has 164 valence electrons. The fourth-order valence-electron chi connectivity index (χ4n) is 3.83. The van der Waals surface area contributed by atoms with E-state index in [1.165, 1.54) is 39.5 Å². The summed E-state index contributed by atoms with van der Waals surface area (Å²) in [7, 11) is 0. The second-order valence-electron chi connectivity index (χ2n) is 7.66. The van der Waals surface area contributed by atoms with Gasteiger partial charge >= 0.3 is 0 Å². The van der Waals surface area contributed by atoms with Crippen LogP contribution in [0, 0.1) is 11.6 Å². The Balaban J connectivity index is 1.55. The van der Waals surface area contributed by atoms with Crippen LogP contribution in [-0.4, -0.2) is 20.1 Å². The highest BCUT2D eigenvalue weighted by Gasteiger charge is 2.15. The largest absolute Gasteiger partial charge is 0.348 e. The molecule has 1 N–H and O–H groups in total.